The van der Waals surface area contributed by atoms with E-state index in [-0.39, 0.29) is 38.7 Å². The largest absolute Gasteiger partial charge is 0.359 e. The van der Waals surface area contributed by atoms with Crippen LogP contribution in [-0.4, -0.2) is 18.9 Å². The summed E-state index contributed by atoms with van der Waals surface area (Å²) in [6, 6.07) is 1.26. The molecule has 2 bridgehead atoms. The van der Waals surface area contributed by atoms with E-state index in [2.05, 4.69) is 33.5 Å². The molecular weight excluding hydrogens is 518 g/mol. The molecule has 1 aromatic carbocycles. The van der Waals surface area contributed by atoms with Crippen LogP contribution in [0.15, 0.2) is 10.5 Å². The van der Waals surface area contributed by atoms with Crippen LogP contribution >= 0.6 is 39.1 Å². The molecule has 3 saturated carbocycles. The Hall–Kier alpha value is -0.850. The van der Waals surface area contributed by atoms with Crippen LogP contribution in [0.3, 0.4) is 0 Å². The number of nitrogens with one attached hydrogen (secondary N) is 2. The van der Waals surface area contributed by atoms with Crippen molar-refractivity contribution >= 4 is 50.9 Å². The maximum Gasteiger partial charge on any atom is 0.223 e. The van der Waals surface area contributed by atoms with Crippen molar-refractivity contribution in [2.75, 3.05) is 7.05 Å². The van der Waals surface area contributed by atoms with Gasteiger partial charge in [-0.15, -0.1) is 0 Å². The van der Waals surface area contributed by atoms with Gasteiger partial charge in [0.1, 0.15) is 5.82 Å². The average Bonchev–Trinajstić information content (AvgIpc) is 3.49. The first-order valence-corrected chi connectivity index (χ1v) is 12.9. The number of amides is 2. The summed E-state index contributed by atoms with van der Waals surface area (Å²) in [5, 5.41) is 6.15. The van der Waals surface area contributed by atoms with Gasteiger partial charge < -0.3 is 10.6 Å². The summed E-state index contributed by atoms with van der Waals surface area (Å²) in [6.45, 7) is 3.79. The molecule has 3 aliphatic rings. The Morgan fingerprint density at radius 1 is 1.19 bits per heavy atom. The molecule has 178 valence electrons. The van der Waals surface area contributed by atoms with Crippen LogP contribution in [-0.2, 0) is 9.59 Å². The molecule has 0 spiro atoms. The molecule has 4 nitrogen and oxygen atoms in total. The van der Waals surface area contributed by atoms with Crippen LogP contribution in [0.2, 0.25) is 10.0 Å². The summed E-state index contributed by atoms with van der Waals surface area (Å²) in [4.78, 5) is 22.7. The van der Waals surface area contributed by atoms with Gasteiger partial charge in [-0.25, -0.2) is 4.39 Å². The third kappa shape index (κ3) is 5.28. The lowest BCUT2D eigenvalue weighted by Gasteiger charge is -2.38. The highest BCUT2D eigenvalue weighted by atomic mass is 79.9. The topological polar surface area (TPSA) is 58.2 Å². The monoisotopic (exact) mass is 548 g/mol. The number of rotatable bonds is 4. The number of fused-ring (bicyclic) bond motifs is 2. The number of hydrogen-bond donors (Lipinski definition) is 2. The van der Waals surface area contributed by atoms with Gasteiger partial charge in [-0.05, 0) is 77.8 Å². The summed E-state index contributed by atoms with van der Waals surface area (Å²) in [6.07, 6.45) is 9.35. The Labute approximate surface area is 208 Å². The van der Waals surface area contributed by atoms with Crippen molar-refractivity contribution in [2.24, 2.45) is 16.7 Å². The fourth-order valence-electron chi connectivity index (χ4n) is 5.76. The van der Waals surface area contributed by atoms with Gasteiger partial charge in [-0.2, -0.15) is 0 Å². The number of benzene rings is 1. The maximum atomic E-state index is 15.2. The second-order valence-electron chi connectivity index (χ2n) is 9.97. The molecule has 3 aliphatic carbocycles. The SMILES string of the molecule is CC12CCC(C(NC(=O)C3CCCC3)c3cc(Cl)c(Cl)c(Br)c3F)(CC1)C2.CNC(C)=O. The fraction of sp³-hybridized carbons (Fsp3) is 0.667. The van der Waals surface area contributed by atoms with E-state index < -0.39 is 5.82 Å². The zero-order valence-corrected chi connectivity index (χ0v) is 22.0. The van der Waals surface area contributed by atoms with E-state index in [1.807, 2.05) is 0 Å². The molecule has 32 heavy (non-hydrogen) atoms. The Balaban J connectivity index is 0.000000523. The summed E-state index contributed by atoms with van der Waals surface area (Å²) in [5.74, 6) is -0.290. The smallest absolute Gasteiger partial charge is 0.223 e. The van der Waals surface area contributed by atoms with Crippen molar-refractivity contribution in [1.29, 1.82) is 0 Å². The zero-order chi connectivity index (χ0) is 23.7. The van der Waals surface area contributed by atoms with Crippen molar-refractivity contribution < 1.29 is 14.0 Å². The first kappa shape index (κ1) is 25.8. The van der Waals surface area contributed by atoms with Crippen LogP contribution in [0.25, 0.3) is 0 Å². The predicted molar refractivity (Wildman–Crippen MR) is 130 cm³/mol. The Kier molecular flexibility index (Phi) is 8.20. The van der Waals surface area contributed by atoms with Crippen LogP contribution in [0.5, 0.6) is 0 Å². The molecule has 0 aromatic heterocycles. The molecule has 2 amide bonds. The van der Waals surface area contributed by atoms with Crippen LogP contribution in [0.4, 0.5) is 4.39 Å². The predicted octanol–water partition coefficient (Wildman–Crippen LogP) is 6.97. The van der Waals surface area contributed by atoms with Gasteiger partial charge in [-0.1, -0.05) is 43.0 Å². The van der Waals surface area contributed by atoms with E-state index in [9.17, 15) is 9.59 Å². The van der Waals surface area contributed by atoms with Gasteiger partial charge in [0, 0.05) is 25.5 Å². The second kappa shape index (κ2) is 10.2. The standard InChI is InChI=1S/C21H25BrCl2FNO.C3H7NO/c1-20-6-8-21(11-20,9-7-20)18(26-19(27)12-4-2-3-5-12)13-10-14(23)16(24)15(22)17(13)25;1-3(5)4-2/h10,12,18H,2-9,11H2,1H3,(H,26,27);1-2H3,(H,4,5). The Bertz CT molecular complexity index is 881. The molecule has 1 unspecified atom stereocenters. The molecule has 1 atom stereocenters. The Morgan fingerprint density at radius 3 is 2.22 bits per heavy atom. The van der Waals surface area contributed by atoms with Crippen molar-refractivity contribution in [3.63, 3.8) is 0 Å². The van der Waals surface area contributed by atoms with Crippen molar-refractivity contribution in [1.82, 2.24) is 10.6 Å². The summed E-state index contributed by atoms with van der Waals surface area (Å²) in [7, 11) is 1.60. The molecule has 0 radical (unpaired) electrons. The number of carbonyl (C=O) groups is 2. The van der Waals surface area contributed by atoms with E-state index in [0.717, 1.165) is 57.8 Å². The van der Waals surface area contributed by atoms with Gasteiger partial charge in [-0.3, -0.25) is 9.59 Å². The number of halogens is 4. The molecular formula is C24H32BrCl2FN2O2. The minimum atomic E-state index is -0.406. The highest BCUT2D eigenvalue weighted by molar-refractivity contribution is 9.10. The van der Waals surface area contributed by atoms with E-state index in [4.69, 9.17) is 23.2 Å². The lowest BCUT2D eigenvalue weighted by atomic mass is 9.74. The first-order chi connectivity index (χ1) is 15.0. The molecule has 0 heterocycles. The first-order valence-electron chi connectivity index (χ1n) is 11.3. The minimum absolute atomic E-state index is 0.00463. The van der Waals surface area contributed by atoms with Gasteiger partial charge >= 0.3 is 0 Å². The normalized spacial score (nSPS) is 27.6. The fourth-order valence-corrected chi connectivity index (χ4v) is 6.66. The summed E-state index contributed by atoms with van der Waals surface area (Å²) >= 11 is 15.7. The van der Waals surface area contributed by atoms with Crippen LogP contribution < -0.4 is 10.6 Å². The summed E-state index contributed by atoms with van der Waals surface area (Å²) < 4.78 is 15.4. The molecule has 3 fully saturated rings. The second-order valence-corrected chi connectivity index (χ2v) is 11.5. The van der Waals surface area contributed by atoms with Gasteiger partial charge in [0.2, 0.25) is 11.8 Å². The number of hydrogen-bond acceptors (Lipinski definition) is 2. The lowest BCUT2D eigenvalue weighted by molar-refractivity contribution is -0.126. The van der Waals surface area contributed by atoms with Gasteiger partial charge in [0.25, 0.3) is 0 Å². The van der Waals surface area contributed by atoms with Crippen molar-refractivity contribution in [2.45, 2.75) is 77.7 Å². The molecule has 2 N–H and O–H groups in total. The highest BCUT2D eigenvalue weighted by Gasteiger charge is 2.56. The quantitative estimate of drug-likeness (QED) is 0.315. The van der Waals surface area contributed by atoms with Crippen LogP contribution in [0, 0.1) is 22.6 Å². The minimum Gasteiger partial charge on any atom is -0.359 e. The molecule has 0 aliphatic heterocycles. The molecule has 0 saturated heterocycles. The third-order valence-corrected chi connectivity index (χ3v) is 9.41. The lowest BCUT2D eigenvalue weighted by Crippen LogP contribution is -2.42. The van der Waals surface area contributed by atoms with E-state index in [1.54, 1.807) is 13.1 Å². The van der Waals surface area contributed by atoms with Crippen LogP contribution in [0.1, 0.15) is 83.2 Å². The van der Waals surface area contributed by atoms with Crippen molar-refractivity contribution in [3.05, 3.63) is 32.0 Å². The zero-order valence-electron chi connectivity index (χ0n) is 18.9. The van der Waals surface area contributed by atoms with Crippen molar-refractivity contribution in [3.8, 4) is 0 Å². The van der Waals surface area contributed by atoms with E-state index in [0.29, 0.717) is 16.0 Å². The molecule has 1 aromatic rings. The number of carbonyl (C=O) groups excluding carboxylic acids is 2. The van der Waals surface area contributed by atoms with E-state index >= 15 is 4.39 Å². The molecule has 4 rings (SSSR count). The Morgan fingerprint density at radius 2 is 1.75 bits per heavy atom. The van der Waals surface area contributed by atoms with E-state index in [1.165, 1.54) is 6.92 Å². The average molecular weight is 550 g/mol. The van der Waals surface area contributed by atoms with Gasteiger partial charge in [0.15, 0.2) is 0 Å². The maximum absolute atomic E-state index is 15.2. The highest BCUT2D eigenvalue weighted by Crippen LogP contribution is 2.66. The van der Waals surface area contributed by atoms with Gasteiger partial charge in [0.05, 0.1) is 20.6 Å². The third-order valence-electron chi connectivity index (χ3n) is 7.65. The summed E-state index contributed by atoms with van der Waals surface area (Å²) in [5.41, 5.74) is 0.676. The molecule has 8 heteroatoms.